The third kappa shape index (κ3) is 4.02. The molecule has 0 saturated heterocycles. The number of aromatic nitrogens is 2. The predicted molar refractivity (Wildman–Crippen MR) is 116 cm³/mol. The van der Waals surface area contributed by atoms with Crippen LogP contribution in [0.3, 0.4) is 0 Å². The molecule has 156 valence electrons. The second-order valence-corrected chi connectivity index (χ2v) is 8.07. The first-order valence-corrected chi connectivity index (χ1v) is 10.7. The molecule has 1 aliphatic heterocycles. The summed E-state index contributed by atoms with van der Waals surface area (Å²) in [5, 5.41) is 8.98. The van der Waals surface area contributed by atoms with Gasteiger partial charge in [0, 0.05) is 5.69 Å². The van der Waals surface area contributed by atoms with Crippen LogP contribution in [0.4, 0.5) is 5.69 Å². The van der Waals surface area contributed by atoms with E-state index in [0.29, 0.717) is 35.3 Å². The number of para-hydroxylation sites is 3. The Morgan fingerprint density at radius 1 is 1.03 bits per heavy atom. The number of anilines is 1. The number of rotatable bonds is 5. The lowest BCUT2D eigenvalue weighted by molar-refractivity contribution is -0.128. The Labute approximate surface area is 182 Å². The first-order chi connectivity index (χ1) is 15.2. The van der Waals surface area contributed by atoms with Crippen LogP contribution < -0.4 is 14.8 Å². The highest BCUT2D eigenvalue weighted by atomic mass is 32.1. The first kappa shape index (κ1) is 19.3. The number of carbonyl (C=O) groups excluding carboxylic acids is 1. The van der Waals surface area contributed by atoms with Gasteiger partial charge in [-0.15, -0.1) is 11.3 Å². The minimum Gasteiger partial charge on any atom is -0.482 e. The molecule has 3 heterocycles. The topological polar surface area (TPSA) is 86.5 Å². The zero-order valence-electron chi connectivity index (χ0n) is 16.6. The van der Waals surface area contributed by atoms with Gasteiger partial charge in [-0.05, 0) is 42.1 Å². The lowest BCUT2D eigenvalue weighted by Gasteiger charge is -2.31. The number of benzene rings is 2. The number of carbonyl (C=O) groups is 1. The number of hydrogen-bond acceptors (Lipinski definition) is 7. The van der Waals surface area contributed by atoms with Crippen LogP contribution in [-0.2, 0) is 11.2 Å². The van der Waals surface area contributed by atoms with Crippen LogP contribution in [0.5, 0.6) is 11.5 Å². The van der Waals surface area contributed by atoms with Gasteiger partial charge in [0.15, 0.2) is 11.5 Å². The standard InChI is InChI=1S/C23H19N3O4S/c1-14-21(29-18-10-5-4-9-17(18)28-14)23(27)24-16-8-3-2-7-15(16)13-20-25-22(26-30-20)19-11-6-12-31-19/h2-12,14,21H,13H2,1H3,(H,24,27)/t14-,21+/m1/s1. The fourth-order valence-corrected chi connectivity index (χ4v) is 4.05. The van der Waals surface area contributed by atoms with E-state index in [1.165, 1.54) is 0 Å². The summed E-state index contributed by atoms with van der Waals surface area (Å²) in [6, 6.07) is 18.7. The SMILES string of the molecule is C[C@H]1Oc2ccccc2O[C@@H]1C(=O)Nc1ccccc1Cc1nc(-c2cccs2)no1. The van der Waals surface area contributed by atoms with Crippen LogP contribution in [0.1, 0.15) is 18.4 Å². The Balaban J connectivity index is 1.32. The summed E-state index contributed by atoms with van der Waals surface area (Å²) in [6.07, 6.45) is -0.793. The van der Waals surface area contributed by atoms with Crippen LogP contribution in [0.2, 0.25) is 0 Å². The van der Waals surface area contributed by atoms with Crippen molar-refractivity contribution < 1.29 is 18.8 Å². The van der Waals surface area contributed by atoms with Crippen LogP contribution in [0.25, 0.3) is 10.7 Å². The number of fused-ring (bicyclic) bond motifs is 1. The van der Waals surface area contributed by atoms with Gasteiger partial charge in [0.2, 0.25) is 17.8 Å². The Hall–Kier alpha value is -3.65. The van der Waals surface area contributed by atoms with Crippen molar-refractivity contribution in [2.24, 2.45) is 0 Å². The third-order valence-corrected chi connectivity index (χ3v) is 5.79. The highest BCUT2D eigenvalue weighted by molar-refractivity contribution is 7.13. The van der Waals surface area contributed by atoms with E-state index in [1.54, 1.807) is 17.4 Å². The number of nitrogens with zero attached hydrogens (tertiary/aromatic N) is 2. The summed E-state index contributed by atoms with van der Waals surface area (Å²) in [4.78, 5) is 18.4. The second kappa shape index (κ2) is 8.23. The van der Waals surface area contributed by atoms with Crippen molar-refractivity contribution in [3.05, 3.63) is 77.5 Å². The summed E-state index contributed by atoms with van der Waals surface area (Å²) < 4.78 is 17.2. The lowest BCUT2D eigenvalue weighted by Crippen LogP contribution is -2.46. The molecule has 1 aliphatic rings. The summed E-state index contributed by atoms with van der Waals surface area (Å²) in [6.45, 7) is 1.82. The quantitative estimate of drug-likeness (QED) is 0.497. The van der Waals surface area contributed by atoms with Gasteiger partial charge in [-0.2, -0.15) is 4.98 Å². The van der Waals surface area contributed by atoms with Gasteiger partial charge in [0.25, 0.3) is 5.91 Å². The van der Waals surface area contributed by atoms with Gasteiger partial charge in [0.05, 0.1) is 11.3 Å². The zero-order valence-corrected chi connectivity index (χ0v) is 17.5. The maximum absolute atomic E-state index is 13.0. The van der Waals surface area contributed by atoms with Crippen LogP contribution in [-0.4, -0.2) is 28.3 Å². The molecule has 5 rings (SSSR count). The highest BCUT2D eigenvalue weighted by Gasteiger charge is 2.34. The Morgan fingerprint density at radius 3 is 2.61 bits per heavy atom. The third-order valence-electron chi connectivity index (χ3n) is 4.93. The van der Waals surface area contributed by atoms with Crippen molar-refractivity contribution in [2.45, 2.75) is 25.6 Å². The van der Waals surface area contributed by atoms with Crippen molar-refractivity contribution in [1.29, 1.82) is 0 Å². The molecule has 0 radical (unpaired) electrons. The molecule has 0 aliphatic carbocycles. The van der Waals surface area contributed by atoms with E-state index in [4.69, 9.17) is 14.0 Å². The van der Waals surface area contributed by atoms with E-state index < -0.39 is 12.2 Å². The van der Waals surface area contributed by atoms with Crippen LogP contribution >= 0.6 is 11.3 Å². The number of hydrogen-bond donors (Lipinski definition) is 1. The number of amides is 1. The summed E-state index contributed by atoms with van der Waals surface area (Å²) in [5.74, 6) is 1.95. The molecule has 4 aromatic rings. The molecular formula is C23H19N3O4S. The fourth-order valence-electron chi connectivity index (χ4n) is 3.40. The molecule has 0 spiro atoms. The van der Waals surface area contributed by atoms with Gasteiger partial charge in [-0.25, -0.2) is 0 Å². The second-order valence-electron chi connectivity index (χ2n) is 7.12. The van der Waals surface area contributed by atoms with Crippen molar-refractivity contribution in [1.82, 2.24) is 10.1 Å². The maximum Gasteiger partial charge on any atom is 0.269 e. The molecule has 0 unspecified atom stereocenters. The van der Waals surface area contributed by atoms with Gasteiger partial charge < -0.3 is 19.3 Å². The minimum atomic E-state index is -0.767. The van der Waals surface area contributed by atoms with E-state index >= 15 is 0 Å². The number of thiophene rings is 1. The molecule has 1 N–H and O–H groups in total. The highest BCUT2D eigenvalue weighted by Crippen LogP contribution is 2.34. The average molecular weight is 433 g/mol. The summed E-state index contributed by atoms with van der Waals surface area (Å²) >= 11 is 1.55. The summed E-state index contributed by atoms with van der Waals surface area (Å²) in [5.41, 5.74) is 1.53. The van der Waals surface area contributed by atoms with Crippen LogP contribution in [0, 0.1) is 0 Å². The van der Waals surface area contributed by atoms with Gasteiger partial charge in [-0.1, -0.05) is 41.6 Å². The molecule has 2 atom stereocenters. The number of ether oxygens (including phenoxy) is 2. The smallest absolute Gasteiger partial charge is 0.269 e. The first-order valence-electron chi connectivity index (χ1n) is 9.85. The summed E-state index contributed by atoms with van der Waals surface area (Å²) in [7, 11) is 0. The van der Waals surface area contributed by atoms with Crippen molar-refractivity contribution in [3.63, 3.8) is 0 Å². The molecule has 1 amide bonds. The van der Waals surface area contributed by atoms with E-state index in [2.05, 4.69) is 15.5 Å². The molecule has 2 aromatic carbocycles. The molecule has 0 bridgehead atoms. The predicted octanol–water partition coefficient (Wildman–Crippen LogP) is 4.56. The molecule has 7 nitrogen and oxygen atoms in total. The minimum absolute atomic E-state index is 0.278. The van der Waals surface area contributed by atoms with E-state index in [1.807, 2.05) is 66.9 Å². The molecule has 0 fully saturated rings. The molecule has 8 heteroatoms. The van der Waals surface area contributed by atoms with Crippen molar-refractivity contribution in [2.75, 3.05) is 5.32 Å². The van der Waals surface area contributed by atoms with E-state index in [0.717, 1.165) is 10.4 Å². The largest absolute Gasteiger partial charge is 0.482 e. The molecule has 31 heavy (non-hydrogen) atoms. The van der Waals surface area contributed by atoms with Gasteiger partial charge >= 0.3 is 0 Å². The monoisotopic (exact) mass is 433 g/mol. The lowest BCUT2D eigenvalue weighted by atomic mass is 10.1. The number of nitrogens with one attached hydrogen (secondary N) is 1. The van der Waals surface area contributed by atoms with Crippen LogP contribution in [0.15, 0.2) is 70.6 Å². The normalized spacial score (nSPS) is 17.3. The van der Waals surface area contributed by atoms with Crippen molar-refractivity contribution in [3.8, 4) is 22.2 Å². The molecule has 0 saturated carbocycles. The average Bonchev–Trinajstić information content (AvgIpc) is 3.46. The zero-order chi connectivity index (χ0) is 21.2. The Morgan fingerprint density at radius 2 is 1.81 bits per heavy atom. The molecule has 2 aromatic heterocycles. The van der Waals surface area contributed by atoms with Gasteiger partial charge in [0.1, 0.15) is 6.10 Å². The fraction of sp³-hybridized carbons (Fsp3) is 0.174. The van der Waals surface area contributed by atoms with Gasteiger partial charge in [-0.3, -0.25) is 4.79 Å². The molecular weight excluding hydrogens is 414 g/mol. The van der Waals surface area contributed by atoms with E-state index in [-0.39, 0.29) is 5.91 Å². The van der Waals surface area contributed by atoms with E-state index in [9.17, 15) is 4.79 Å². The maximum atomic E-state index is 13.0. The Bertz CT molecular complexity index is 1210. The van der Waals surface area contributed by atoms with Crippen molar-refractivity contribution >= 4 is 22.9 Å². The Kier molecular flexibility index (Phi) is 5.13.